The number of thioether (sulfide) groups is 1. The smallest absolute Gasteiger partial charge is 0.329 e. The van der Waals surface area contributed by atoms with Crippen molar-refractivity contribution in [2.75, 3.05) is 26.1 Å². The first-order valence-electron chi connectivity index (χ1n) is 12.2. The molecular formula is C28H31N3O4S. The van der Waals surface area contributed by atoms with Crippen LogP contribution >= 0.6 is 11.8 Å². The van der Waals surface area contributed by atoms with Crippen LogP contribution in [0.4, 0.5) is 0 Å². The van der Waals surface area contributed by atoms with Gasteiger partial charge in [-0.1, -0.05) is 54.2 Å². The van der Waals surface area contributed by atoms with Gasteiger partial charge in [0.1, 0.15) is 23.1 Å². The zero-order chi connectivity index (χ0) is 25.3. The Balaban J connectivity index is 1.62. The third-order valence-electron chi connectivity index (χ3n) is 6.56. The molecule has 1 N–H and O–H groups in total. The highest BCUT2D eigenvalue weighted by atomic mass is 32.2. The number of benzene rings is 2. The SMILES string of the molecule is COc1cccc(-c2c(-c3ccccc3)nn(C[C@H]3CC[C@H](COCC(=O)O)CC3)c2SCC#N)c1. The van der Waals surface area contributed by atoms with Crippen molar-refractivity contribution < 1.29 is 19.4 Å². The van der Waals surface area contributed by atoms with E-state index in [-0.39, 0.29) is 6.61 Å². The van der Waals surface area contributed by atoms with E-state index in [2.05, 4.69) is 29.0 Å². The first-order valence-corrected chi connectivity index (χ1v) is 13.2. The fourth-order valence-electron chi connectivity index (χ4n) is 4.79. The van der Waals surface area contributed by atoms with E-state index < -0.39 is 5.97 Å². The van der Waals surface area contributed by atoms with Crippen molar-refractivity contribution in [3.8, 4) is 34.2 Å². The third-order valence-corrected chi connectivity index (χ3v) is 7.52. The van der Waals surface area contributed by atoms with E-state index in [1.165, 1.54) is 11.8 Å². The molecule has 0 amide bonds. The number of nitrogens with zero attached hydrogens (tertiary/aromatic N) is 3. The van der Waals surface area contributed by atoms with Crippen LogP contribution in [0.5, 0.6) is 5.75 Å². The summed E-state index contributed by atoms with van der Waals surface area (Å²) in [5, 5.41) is 24.3. The van der Waals surface area contributed by atoms with Gasteiger partial charge in [0.2, 0.25) is 0 Å². The minimum atomic E-state index is -0.925. The van der Waals surface area contributed by atoms with Gasteiger partial charge in [0, 0.05) is 17.7 Å². The summed E-state index contributed by atoms with van der Waals surface area (Å²) in [6.07, 6.45) is 4.11. The van der Waals surface area contributed by atoms with Crippen LogP contribution in [0.3, 0.4) is 0 Å². The van der Waals surface area contributed by atoms with E-state index in [4.69, 9.17) is 19.7 Å². The Morgan fingerprint density at radius 3 is 2.53 bits per heavy atom. The fraction of sp³-hybridized carbons (Fsp3) is 0.393. The quantitative estimate of drug-likeness (QED) is 0.331. The lowest BCUT2D eigenvalue weighted by atomic mass is 9.82. The zero-order valence-electron chi connectivity index (χ0n) is 20.4. The fourth-order valence-corrected chi connectivity index (χ4v) is 5.62. The Hall–Kier alpha value is -3.28. The average molecular weight is 506 g/mol. The van der Waals surface area contributed by atoms with E-state index in [9.17, 15) is 10.1 Å². The van der Waals surface area contributed by atoms with Crippen molar-refractivity contribution in [1.29, 1.82) is 5.26 Å². The lowest BCUT2D eigenvalue weighted by Crippen LogP contribution is -2.23. The number of hydrogen-bond donors (Lipinski definition) is 1. The number of nitriles is 1. The van der Waals surface area contributed by atoms with Gasteiger partial charge >= 0.3 is 5.97 Å². The second-order valence-corrected chi connectivity index (χ2v) is 10.0. The highest BCUT2D eigenvalue weighted by molar-refractivity contribution is 7.99. The van der Waals surface area contributed by atoms with Crippen LogP contribution in [-0.4, -0.2) is 46.9 Å². The normalized spacial score (nSPS) is 17.4. The molecule has 1 fully saturated rings. The Kier molecular flexibility index (Phi) is 9.04. The molecule has 0 aliphatic heterocycles. The van der Waals surface area contributed by atoms with Gasteiger partial charge in [-0.25, -0.2) is 4.79 Å². The Bertz CT molecular complexity index is 1200. The summed E-state index contributed by atoms with van der Waals surface area (Å²) < 4.78 is 12.9. The average Bonchev–Trinajstić information content (AvgIpc) is 3.26. The summed E-state index contributed by atoms with van der Waals surface area (Å²) in [5.41, 5.74) is 3.97. The molecule has 0 radical (unpaired) electrons. The standard InChI is InChI=1S/C28H31N3O4S/c1-34-24-9-5-8-23(16-24)26-27(22-6-3-2-4-7-22)30-31(28(26)36-15-14-29)17-20-10-12-21(13-11-20)18-35-19-25(32)33/h2-9,16,20-21H,10-13,15,17-19H2,1H3,(H,32,33)/t20-,21-. The predicted octanol–water partition coefficient (Wildman–Crippen LogP) is 5.75. The van der Waals surface area contributed by atoms with Gasteiger partial charge in [-0.15, -0.1) is 0 Å². The number of carbonyl (C=O) groups is 1. The molecule has 0 atom stereocenters. The number of aliphatic carboxylic acids is 1. The van der Waals surface area contributed by atoms with Crippen molar-refractivity contribution in [3.63, 3.8) is 0 Å². The van der Waals surface area contributed by atoms with Crippen LogP contribution in [0, 0.1) is 23.2 Å². The molecule has 1 heterocycles. The molecule has 3 aromatic rings. The van der Waals surface area contributed by atoms with Gasteiger partial charge in [-0.2, -0.15) is 10.4 Å². The number of ether oxygens (including phenoxy) is 2. The molecule has 0 spiro atoms. The highest BCUT2D eigenvalue weighted by Gasteiger charge is 2.26. The van der Waals surface area contributed by atoms with Crippen LogP contribution < -0.4 is 4.74 Å². The van der Waals surface area contributed by atoms with E-state index in [0.717, 1.165) is 65.4 Å². The van der Waals surface area contributed by atoms with Crippen molar-refractivity contribution in [3.05, 3.63) is 54.6 Å². The second-order valence-electron chi connectivity index (χ2n) is 9.05. The lowest BCUT2D eigenvalue weighted by Gasteiger charge is -2.28. The number of carboxylic acids is 1. The van der Waals surface area contributed by atoms with Gasteiger partial charge in [0.15, 0.2) is 0 Å². The summed E-state index contributed by atoms with van der Waals surface area (Å²) in [7, 11) is 1.66. The molecule has 36 heavy (non-hydrogen) atoms. The van der Waals surface area contributed by atoms with Crippen LogP contribution in [0.25, 0.3) is 22.4 Å². The number of hydrogen-bond acceptors (Lipinski definition) is 6. The summed E-state index contributed by atoms with van der Waals surface area (Å²) in [6.45, 7) is 1.05. The molecule has 0 saturated heterocycles. The molecule has 7 nitrogen and oxygen atoms in total. The van der Waals surface area contributed by atoms with Gasteiger partial charge in [0.05, 0.1) is 25.5 Å². The van der Waals surface area contributed by atoms with Crippen molar-refractivity contribution in [2.45, 2.75) is 37.3 Å². The number of rotatable bonds is 11. The van der Waals surface area contributed by atoms with Crippen molar-refractivity contribution >= 4 is 17.7 Å². The summed E-state index contributed by atoms with van der Waals surface area (Å²) >= 11 is 1.52. The first kappa shape index (κ1) is 25.8. The van der Waals surface area contributed by atoms with Crippen LogP contribution in [0.2, 0.25) is 0 Å². The lowest BCUT2D eigenvalue weighted by molar-refractivity contribution is -0.142. The van der Waals surface area contributed by atoms with Gasteiger partial charge in [0.25, 0.3) is 0 Å². The predicted molar refractivity (Wildman–Crippen MR) is 140 cm³/mol. The van der Waals surface area contributed by atoms with E-state index >= 15 is 0 Å². The van der Waals surface area contributed by atoms with Crippen LogP contribution in [-0.2, 0) is 16.1 Å². The van der Waals surface area contributed by atoms with E-state index in [1.807, 2.05) is 36.4 Å². The molecule has 1 aliphatic carbocycles. The maximum atomic E-state index is 10.7. The van der Waals surface area contributed by atoms with E-state index in [0.29, 0.717) is 24.2 Å². The topological polar surface area (TPSA) is 97.4 Å². The monoisotopic (exact) mass is 505 g/mol. The Morgan fingerprint density at radius 1 is 1.11 bits per heavy atom. The molecule has 4 rings (SSSR count). The molecular weight excluding hydrogens is 474 g/mol. The largest absolute Gasteiger partial charge is 0.497 e. The molecule has 8 heteroatoms. The first-order chi connectivity index (χ1) is 17.6. The van der Waals surface area contributed by atoms with Crippen LogP contribution in [0.1, 0.15) is 25.7 Å². The third kappa shape index (κ3) is 6.48. The molecule has 1 aromatic heterocycles. The molecule has 188 valence electrons. The van der Waals surface area contributed by atoms with Crippen molar-refractivity contribution in [1.82, 2.24) is 9.78 Å². The number of methoxy groups -OCH3 is 1. The van der Waals surface area contributed by atoms with Gasteiger partial charge < -0.3 is 14.6 Å². The molecule has 0 unspecified atom stereocenters. The molecule has 0 bridgehead atoms. The van der Waals surface area contributed by atoms with E-state index in [1.54, 1.807) is 7.11 Å². The number of carboxylic acid groups (broad SMARTS) is 1. The molecule has 1 aliphatic rings. The van der Waals surface area contributed by atoms with Gasteiger partial charge in [-0.3, -0.25) is 4.68 Å². The maximum Gasteiger partial charge on any atom is 0.329 e. The second kappa shape index (κ2) is 12.6. The number of aromatic nitrogens is 2. The molecule has 2 aromatic carbocycles. The summed E-state index contributed by atoms with van der Waals surface area (Å²) in [5.74, 6) is 1.05. The van der Waals surface area contributed by atoms with Crippen LogP contribution in [0.15, 0.2) is 59.6 Å². The maximum absolute atomic E-state index is 10.7. The molecule has 1 saturated carbocycles. The minimum Gasteiger partial charge on any atom is -0.497 e. The summed E-state index contributed by atoms with van der Waals surface area (Å²) in [6, 6.07) is 20.4. The summed E-state index contributed by atoms with van der Waals surface area (Å²) in [4.78, 5) is 10.7. The minimum absolute atomic E-state index is 0.234. The Labute approximate surface area is 216 Å². The zero-order valence-corrected chi connectivity index (χ0v) is 21.2. The Morgan fingerprint density at radius 2 is 1.83 bits per heavy atom. The van der Waals surface area contributed by atoms with Gasteiger partial charge in [-0.05, 0) is 55.2 Å². The van der Waals surface area contributed by atoms with Crippen molar-refractivity contribution in [2.24, 2.45) is 11.8 Å². The highest BCUT2D eigenvalue weighted by Crippen LogP contribution is 2.41.